The number of rotatable bonds is 10. The first kappa shape index (κ1) is 26.3. The van der Waals surface area contributed by atoms with E-state index in [-0.39, 0.29) is 41.0 Å². The van der Waals surface area contributed by atoms with Crippen molar-refractivity contribution in [1.82, 2.24) is 10.2 Å². The minimum absolute atomic E-state index is 0.00361. The standard InChI is InChI=1S/C24H31N3O7S/c1-4-25-24(29)27(16-20-6-5-13-33-20)15-18-7-12-22(32-3)23(14-18)34-35(30,31)21-10-8-19(9-11-21)26-17(2)28/h7-12,14,20H,4-6,13,15-16H2,1-3H3,(H,25,29)(H,26,28). The smallest absolute Gasteiger partial charge is 0.339 e. The predicted octanol–water partition coefficient (Wildman–Crippen LogP) is 3.13. The maximum Gasteiger partial charge on any atom is 0.339 e. The lowest BCUT2D eigenvalue weighted by molar-refractivity contribution is -0.114. The van der Waals surface area contributed by atoms with Crippen molar-refractivity contribution in [3.63, 3.8) is 0 Å². The van der Waals surface area contributed by atoms with Crippen molar-refractivity contribution >= 4 is 27.7 Å². The van der Waals surface area contributed by atoms with Crippen LogP contribution in [0.4, 0.5) is 10.5 Å². The van der Waals surface area contributed by atoms with Crippen LogP contribution in [-0.2, 0) is 26.2 Å². The summed E-state index contributed by atoms with van der Waals surface area (Å²) >= 11 is 0. The second kappa shape index (κ2) is 11.9. The predicted molar refractivity (Wildman–Crippen MR) is 130 cm³/mol. The lowest BCUT2D eigenvalue weighted by atomic mass is 10.1. The Hall–Kier alpha value is -3.31. The molecule has 1 aliphatic rings. The molecule has 1 unspecified atom stereocenters. The Labute approximate surface area is 205 Å². The number of carbonyl (C=O) groups is 2. The number of hydrogen-bond acceptors (Lipinski definition) is 7. The molecule has 0 saturated carbocycles. The lowest BCUT2D eigenvalue weighted by Crippen LogP contribution is -2.43. The summed E-state index contributed by atoms with van der Waals surface area (Å²) in [7, 11) is -2.77. The first-order chi connectivity index (χ1) is 16.7. The van der Waals surface area contributed by atoms with E-state index in [2.05, 4.69) is 10.6 Å². The summed E-state index contributed by atoms with van der Waals surface area (Å²) < 4.78 is 42.2. The Morgan fingerprint density at radius 1 is 1.14 bits per heavy atom. The first-order valence-electron chi connectivity index (χ1n) is 11.3. The summed E-state index contributed by atoms with van der Waals surface area (Å²) in [5.74, 6) is -0.0284. The van der Waals surface area contributed by atoms with E-state index in [1.165, 1.54) is 38.3 Å². The van der Waals surface area contributed by atoms with Gasteiger partial charge in [-0.25, -0.2) is 4.79 Å². The molecule has 1 saturated heterocycles. The molecule has 2 aromatic carbocycles. The van der Waals surface area contributed by atoms with Gasteiger partial charge in [-0.05, 0) is 61.7 Å². The van der Waals surface area contributed by atoms with Gasteiger partial charge < -0.3 is 29.2 Å². The molecule has 0 bridgehead atoms. The molecule has 10 nitrogen and oxygen atoms in total. The van der Waals surface area contributed by atoms with E-state index < -0.39 is 10.1 Å². The van der Waals surface area contributed by atoms with E-state index >= 15 is 0 Å². The van der Waals surface area contributed by atoms with Crippen LogP contribution >= 0.6 is 0 Å². The van der Waals surface area contributed by atoms with Crippen LogP contribution in [0.2, 0.25) is 0 Å². The Morgan fingerprint density at radius 3 is 2.49 bits per heavy atom. The van der Waals surface area contributed by atoms with Gasteiger partial charge in [0.05, 0.1) is 13.2 Å². The number of anilines is 1. The SMILES string of the molecule is CCNC(=O)N(Cc1ccc(OC)c(OS(=O)(=O)c2ccc(NC(C)=O)cc2)c1)CC1CCCO1. The van der Waals surface area contributed by atoms with E-state index in [0.29, 0.717) is 30.9 Å². The molecule has 0 spiro atoms. The normalized spacial score (nSPS) is 15.3. The molecule has 3 amide bonds. The second-order valence-corrected chi connectivity index (χ2v) is 9.63. The van der Waals surface area contributed by atoms with Gasteiger partial charge >= 0.3 is 16.1 Å². The highest BCUT2D eigenvalue weighted by Crippen LogP contribution is 2.32. The highest BCUT2D eigenvalue weighted by Gasteiger charge is 2.24. The van der Waals surface area contributed by atoms with E-state index in [1.807, 2.05) is 6.92 Å². The molecule has 1 fully saturated rings. The number of benzene rings is 2. The summed E-state index contributed by atoms with van der Waals surface area (Å²) in [6.07, 6.45) is 1.80. The third kappa shape index (κ3) is 7.33. The van der Waals surface area contributed by atoms with Crippen LogP contribution in [0.3, 0.4) is 0 Å². The van der Waals surface area contributed by atoms with E-state index in [1.54, 1.807) is 23.1 Å². The molecular formula is C24H31N3O7S. The zero-order valence-electron chi connectivity index (χ0n) is 20.1. The molecule has 2 N–H and O–H groups in total. The maximum atomic E-state index is 12.9. The quantitative estimate of drug-likeness (QED) is 0.476. The van der Waals surface area contributed by atoms with Crippen LogP contribution in [0, 0.1) is 0 Å². The number of nitrogens with one attached hydrogen (secondary N) is 2. The molecule has 1 aliphatic heterocycles. The number of urea groups is 1. The van der Waals surface area contributed by atoms with Crippen LogP contribution in [0.1, 0.15) is 32.3 Å². The van der Waals surface area contributed by atoms with Gasteiger partial charge in [0.25, 0.3) is 0 Å². The van der Waals surface area contributed by atoms with Crippen LogP contribution in [0.15, 0.2) is 47.4 Å². The number of carbonyl (C=O) groups excluding carboxylic acids is 2. The van der Waals surface area contributed by atoms with Crippen molar-refractivity contribution in [2.45, 2.75) is 44.2 Å². The largest absolute Gasteiger partial charge is 0.493 e. The van der Waals surface area contributed by atoms with Gasteiger partial charge in [-0.2, -0.15) is 8.42 Å². The summed E-state index contributed by atoms with van der Waals surface area (Å²) in [4.78, 5) is 25.4. The average Bonchev–Trinajstić information content (AvgIpc) is 3.32. The van der Waals surface area contributed by atoms with Crippen molar-refractivity contribution in [3.8, 4) is 11.5 Å². The van der Waals surface area contributed by atoms with Gasteiger partial charge in [0.1, 0.15) is 4.90 Å². The summed E-state index contributed by atoms with van der Waals surface area (Å²) in [5.41, 5.74) is 1.13. The lowest BCUT2D eigenvalue weighted by Gasteiger charge is -2.26. The minimum Gasteiger partial charge on any atom is -0.493 e. The van der Waals surface area contributed by atoms with Gasteiger partial charge in [0.2, 0.25) is 5.91 Å². The van der Waals surface area contributed by atoms with Gasteiger partial charge in [0, 0.05) is 38.9 Å². The summed E-state index contributed by atoms with van der Waals surface area (Å²) in [5, 5.41) is 5.39. The molecule has 190 valence electrons. The topological polar surface area (TPSA) is 123 Å². The molecule has 0 radical (unpaired) electrons. The number of nitrogens with zero attached hydrogens (tertiary/aromatic N) is 1. The van der Waals surface area contributed by atoms with Gasteiger partial charge in [-0.15, -0.1) is 0 Å². The zero-order chi connectivity index (χ0) is 25.4. The number of hydrogen-bond donors (Lipinski definition) is 2. The molecule has 1 heterocycles. The molecule has 35 heavy (non-hydrogen) atoms. The maximum absolute atomic E-state index is 12.9. The Morgan fingerprint density at radius 2 is 1.89 bits per heavy atom. The Bertz CT molecular complexity index is 1130. The van der Waals surface area contributed by atoms with Gasteiger partial charge in [-0.3, -0.25) is 4.79 Å². The molecule has 2 aromatic rings. The van der Waals surface area contributed by atoms with Gasteiger partial charge in [-0.1, -0.05) is 6.07 Å². The minimum atomic E-state index is -4.19. The van der Waals surface area contributed by atoms with Crippen molar-refractivity contribution in [1.29, 1.82) is 0 Å². The summed E-state index contributed by atoms with van der Waals surface area (Å²) in [6.45, 7) is 5.02. The Kier molecular flexibility index (Phi) is 8.94. The zero-order valence-corrected chi connectivity index (χ0v) is 20.9. The fourth-order valence-electron chi connectivity index (χ4n) is 3.70. The molecule has 3 rings (SSSR count). The Balaban J connectivity index is 1.81. The molecule has 1 atom stereocenters. The van der Waals surface area contributed by atoms with Crippen LogP contribution in [0.5, 0.6) is 11.5 Å². The highest BCUT2D eigenvalue weighted by atomic mass is 32.2. The third-order valence-electron chi connectivity index (χ3n) is 5.33. The highest BCUT2D eigenvalue weighted by molar-refractivity contribution is 7.87. The molecular weight excluding hydrogens is 474 g/mol. The monoisotopic (exact) mass is 505 g/mol. The number of amides is 3. The summed E-state index contributed by atoms with van der Waals surface area (Å²) in [6, 6.07) is 10.3. The average molecular weight is 506 g/mol. The van der Waals surface area contributed by atoms with Crippen molar-refractivity contribution in [2.75, 3.05) is 32.1 Å². The van der Waals surface area contributed by atoms with Crippen molar-refractivity contribution in [3.05, 3.63) is 48.0 Å². The number of ether oxygens (including phenoxy) is 2. The van der Waals surface area contributed by atoms with Crippen molar-refractivity contribution < 1.29 is 31.7 Å². The van der Waals surface area contributed by atoms with Crippen molar-refractivity contribution in [2.24, 2.45) is 0 Å². The van der Waals surface area contributed by atoms with Crippen LogP contribution in [0.25, 0.3) is 0 Å². The molecule has 0 aromatic heterocycles. The molecule has 0 aliphatic carbocycles. The second-order valence-electron chi connectivity index (χ2n) is 8.08. The number of methoxy groups -OCH3 is 1. The fourth-order valence-corrected chi connectivity index (χ4v) is 4.63. The van der Waals surface area contributed by atoms with Crippen LogP contribution < -0.4 is 19.6 Å². The van der Waals surface area contributed by atoms with Gasteiger partial charge in [0.15, 0.2) is 11.5 Å². The van der Waals surface area contributed by atoms with E-state index in [4.69, 9.17) is 13.7 Å². The van der Waals surface area contributed by atoms with E-state index in [0.717, 1.165) is 12.8 Å². The van der Waals surface area contributed by atoms with E-state index in [9.17, 15) is 18.0 Å². The first-order valence-corrected chi connectivity index (χ1v) is 12.8. The molecule has 11 heteroatoms. The fraction of sp³-hybridized carbons (Fsp3) is 0.417. The van der Waals surface area contributed by atoms with Crippen LogP contribution in [-0.4, -0.2) is 58.2 Å². The third-order valence-corrected chi connectivity index (χ3v) is 6.58.